The van der Waals surface area contributed by atoms with E-state index in [0.717, 1.165) is 57.3 Å². The van der Waals surface area contributed by atoms with Crippen molar-refractivity contribution < 1.29 is 9.53 Å². The molecule has 2 aromatic carbocycles. The Labute approximate surface area is 207 Å². The van der Waals surface area contributed by atoms with E-state index in [1.54, 1.807) is 5.57 Å². The van der Waals surface area contributed by atoms with Gasteiger partial charge in [-0.25, -0.2) is 4.79 Å². The lowest BCUT2D eigenvalue weighted by molar-refractivity contribution is 0.0526. The SMILES string of the molecule is CCOC(=O)c1ccc(N2CCN(CC3=C(c4ccc(Cl)cc4)CCC4(CNC4)C3)CC2)cc1. The molecule has 0 radical (unpaired) electrons. The van der Waals surface area contributed by atoms with Crippen molar-refractivity contribution in [3.8, 4) is 0 Å². The second-order valence-electron chi connectivity index (χ2n) is 9.90. The molecule has 0 unspecified atom stereocenters. The molecule has 1 N–H and O–H groups in total. The summed E-state index contributed by atoms with van der Waals surface area (Å²) in [6, 6.07) is 16.2. The fourth-order valence-corrected chi connectivity index (χ4v) is 5.73. The second-order valence-corrected chi connectivity index (χ2v) is 10.3. The number of esters is 1. The van der Waals surface area contributed by atoms with E-state index in [1.807, 2.05) is 43.3 Å². The number of piperazine rings is 1. The zero-order chi connectivity index (χ0) is 23.5. The molecule has 2 saturated heterocycles. The Kier molecular flexibility index (Phi) is 6.96. The predicted molar refractivity (Wildman–Crippen MR) is 139 cm³/mol. The van der Waals surface area contributed by atoms with Crippen molar-refractivity contribution >= 4 is 28.8 Å². The van der Waals surface area contributed by atoms with E-state index < -0.39 is 0 Å². The van der Waals surface area contributed by atoms with Gasteiger partial charge in [0.1, 0.15) is 0 Å². The predicted octanol–water partition coefficient (Wildman–Crippen LogP) is 4.87. The Morgan fingerprint density at radius 3 is 2.35 bits per heavy atom. The van der Waals surface area contributed by atoms with Gasteiger partial charge in [0.05, 0.1) is 12.2 Å². The van der Waals surface area contributed by atoms with Gasteiger partial charge >= 0.3 is 5.97 Å². The number of benzene rings is 2. The van der Waals surface area contributed by atoms with E-state index in [-0.39, 0.29) is 5.97 Å². The van der Waals surface area contributed by atoms with Gasteiger partial charge in [-0.2, -0.15) is 0 Å². The van der Waals surface area contributed by atoms with E-state index in [1.165, 1.54) is 29.7 Å². The number of nitrogens with zero attached hydrogens (tertiary/aromatic N) is 2. The summed E-state index contributed by atoms with van der Waals surface area (Å²) in [5.74, 6) is -0.254. The molecular formula is C28H34ClN3O2. The van der Waals surface area contributed by atoms with Crippen LogP contribution < -0.4 is 10.2 Å². The minimum atomic E-state index is -0.254. The maximum Gasteiger partial charge on any atom is 0.338 e. The summed E-state index contributed by atoms with van der Waals surface area (Å²) in [6.45, 7) is 9.66. The van der Waals surface area contributed by atoms with E-state index in [2.05, 4.69) is 27.2 Å². The van der Waals surface area contributed by atoms with Crippen LogP contribution in [0.2, 0.25) is 5.02 Å². The van der Waals surface area contributed by atoms with Gasteiger partial charge in [0, 0.05) is 56.5 Å². The number of ether oxygens (including phenoxy) is 1. The highest BCUT2D eigenvalue weighted by molar-refractivity contribution is 6.30. The zero-order valence-electron chi connectivity index (χ0n) is 20.0. The lowest BCUT2D eigenvalue weighted by Crippen LogP contribution is -2.55. The molecule has 1 aliphatic carbocycles. The molecule has 180 valence electrons. The Hall–Kier alpha value is -2.34. The van der Waals surface area contributed by atoms with Crippen molar-refractivity contribution in [2.75, 3.05) is 57.3 Å². The van der Waals surface area contributed by atoms with Crippen molar-refractivity contribution in [1.82, 2.24) is 10.2 Å². The van der Waals surface area contributed by atoms with Crippen LogP contribution >= 0.6 is 11.6 Å². The van der Waals surface area contributed by atoms with E-state index in [4.69, 9.17) is 16.3 Å². The number of carbonyl (C=O) groups excluding carboxylic acids is 1. The molecule has 5 rings (SSSR count). The zero-order valence-corrected chi connectivity index (χ0v) is 20.7. The summed E-state index contributed by atoms with van der Waals surface area (Å²) in [6.07, 6.45) is 3.63. The normalized spacial score (nSPS) is 20.4. The van der Waals surface area contributed by atoms with Gasteiger partial charge in [-0.05, 0) is 79.1 Å². The molecule has 0 saturated carbocycles. The van der Waals surface area contributed by atoms with Crippen LogP contribution in [-0.4, -0.2) is 63.3 Å². The standard InChI is InChI=1S/C28H34ClN3O2/c1-2-34-27(33)22-5-9-25(10-6-22)32-15-13-31(14-16-32)18-23-17-28(19-30-20-28)12-11-26(23)21-3-7-24(29)8-4-21/h3-10,30H,2,11-20H2,1H3. The average Bonchev–Trinajstić information content (AvgIpc) is 2.84. The van der Waals surface area contributed by atoms with Crippen LogP contribution in [0.25, 0.3) is 5.57 Å². The number of halogens is 1. The molecule has 0 atom stereocenters. The lowest BCUT2D eigenvalue weighted by Gasteiger charge is -2.48. The molecule has 3 aliphatic rings. The molecule has 34 heavy (non-hydrogen) atoms. The Bertz CT molecular complexity index is 1040. The molecule has 1 spiro atoms. The van der Waals surface area contributed by atoms with Gasteiger partial charge in [0.15, 0.2) is 0 Å². The highest BCUT2D eigenvalue weighted by Crippen LogP contribution is 2.45. The maximum atomic E-state index is 11.9. The van der Waals surface area contributed by atoms with Crippen molar-refractivity contribution in [3.05, 3.63) is 70.3 Å². The average molecular weight is 480 g/mol. The van der Waals surface area contributed by atoms with Crippen molar-refractivity contribution in [1.29, 1.82) is 0 Å². The van der Waals surface area contributed by atoms with Crippen molar-refractivity contribution in [2.45, 2.75) is 26.2 Å². The van der Waals surface area contributed by atoms with Gasteiger partial charge in [0.2, 0.25) is 0 Å². The van der Waals surface area contributed by atoms with E-state index >= 15 is 0 Å². The molecule has 2 heterocycles. The number of hydrogen-bond donors (Lipinski definition) is 1. The number of carbonyl (C=O) groups is 1. The maximum absolute atomic E-state index is 11.9. The summed E-state index contributed by atoms with van der Waals surface area (Å²) in [7, 11) is 0. The first-order chi connectivity index (χ1) is 16.5. The largest absolute Gasteiger partial charge is 0.462 e. The van der Waals surface area contributed by atoms with Crippen LogP contribution in [0.15, 0.2) is 54.1 Å². The Morgan fingerprint density at radius 1 is 1.03 bits per heavy atom. The van der Waals surface area contributed by atoms with Crippen molar-refractivity contribution in [2.24, 2.45) is 5.41 Å². The third-order valence-electron chi connectivity index (χ3n) is 7.64. The minimum Gasteiger partial charge on any atom is -0.462 e. The summed E-state index contributed by atoms with van der Waals surface area (Å²) in [4.78, 5) is 17.0. The highest BCUT2D eigenvalue weighted by atomic mass is 35.5. The van der Waals surface area contributed by atoms with E-state index in [0.29, 0.717) is 17.6 Å². The van der Waals surface area contributed by atoms with E-state index in [9.17, 15) is 4.79 Å². The Balaban J connectivity index is 1.25. The van der Waals surface area contributed by atoms with Gasteiger partial charge in [-0.1, -0.05) is 29.3 Å². The minimum absolute atomic E-state index is 0.254. The number of nitrogens with one attached hydrogen (secondary N) is 1. The van der Waals surface area contributed by atoms with Crippen LogP contribution in [0.3, 0.4) is 0 Å². The third-order valence-corrected chi connectivity index (χ3v) is 7.90. The van der Waals surface area contributed by atoms with Crippen molar-refractivity contribution in [3.63, 3.8) is 0 Å². The molecule has 5 nitrogen and oxygen atoms in total. The fourth-order valence-electron chi connectivity index (χ4n) is 5.60. The quantitative estimate of drug-likeness (QED) is 0.599. The van der Waals surface area contributed by atoms with Crippen LogP contribution in [0, 0.1) is 5.41 Å². The number of anilines is 1. The number of hydrogen-bond acceptors (Lipinski definition) is 5. The second kappa shape index (κ2) is 10.1. The van der Waals surface area contributed by atoms with Crippen LogP contribution in [0.5, 0.6) is 0 Å². The summed E-state index contributed by atoms with van der Waals surface area (Å²) >= 11 is 6.16. The monoisotopic (exact) mass is 479 g/mol. The molecule has 2 aliphatic heterocycles. The molecule has 0 amide bonds. The summed E-state index contributed by atoms with van der Waals surface area (Å²) in [5.41, 5.74) is 6.73. The van der Waals surface area contributed by atoms with Crippen LogP contribution in [0.4, 0.5) is 5.69 Å². The smallest absolute Gasteiger partial charge is 0.338 e. The number of allylic oxidation sites excluding steroid dienone is 1. The van der Waals surface area contributed by atoms with Crippen LogP contribution in [-0.2, 0) is 4.74 Å². The molecule has 2 fully saturated rings. The van der Waals surface area contributed by atoms with Gasteiger partial charge in [0.25, 0.3) is 0 Å². The number of rotatable bonds is 6. The van der Waals surface area contributed by atoms with Gasteiger partial charge < -0.3 is 15.0 Å². The molecule has 6 heteroatoms. The van der Waals surface area contributed by atoms with Crippen LogP contribution in [0.1, 0.15) is 42.1 Å². The topological polar surface area (TPSA) is 44.8 Å². The Morgan fingerprint density at radius 2 is 1.74 bits per heavy atom. The lowest BCUT2D eigenvalue weighted by atomic mass is 9.67. The first kappa shape index (κ1) is 23.4. The first-order valence-electron chi connectivity index (χ1n) is 12.5. The highest BCUT2D eigenvalue weighted by Gasteiger charge is 2.41. The molecule has 0 aromatic heterocycles. The van der Waals surface area contributed by atoms with Gasteiger partial charge in [-0.3, -0.25) is 4.90 Å². The fraction of sp³-hybridized carbons (Fsp3) is 0.464. The molecular weight excluding hydrogens is 446 g/mol. The summed E-state index contributed by atoms with van der Waals surface area (Å²) < 4.78 is 5.10. The third kappa shape index (κ3) is 5.02. The van der Waals surface area contributed by atoms with Gasteiger partial charge in [-0.15, -0.1) is 0 Å². The summed E-state index contributed by atoms with van der Waals surface area (Å²) in [5, 5.41) is 4.31. The first-order valence-corrected chi connectivity index (χ1v) is 12.9. The molecule has 2 aromatic rings. The molecule has 0 bridgehead atoms.